The van der Waals surface area contributed by atoms with E-state index in [1.165, 1.54) is 31.5 Å². The molecule has 1 rings (SSSR count). The molecule has 1 aromatic rings. The lowest BCUT2D eigenvalue weighted by molar-refractivity contribution is 0.236. The van der Waals surface area contributed by atoms with Crippen molar-refractivity contribution in [2.75, 3.05) is 18.8 Å². The van der Waals surface area contributed by atoms with E-state index in [9.17, 15) is 0 Å². The van der Waals surface area contributed by atoms with Gasteiger partial charge < -0.3 is 5.73 Å². The lowest BCUT2D eigenvalue weighted by Crippen LogP contribution is -2.27. The van der Waals surface area contributed by atoms with E-state index in [0.717, 1.165) is 24.1 Å². The van der Waals surface area contributed by atoms with Crippen LogP contribution in [-0.2, 0) is 6.54 Å². The molecule has 1 aromatic carbocycles. The third-order valence-electron chi connectivity index (χ3n) is 3.40. The van der Waals surface area contributed by atoms with Crippen LogP contribution in [-0.4, -0.2) is 18.0 Å². The largest absolute Gasteiger partial charge is 0.399 e. The first-order chi connectivity index (χ1) is 8.97. The Morgan fingerprint density at radius 3 is 2.05 bits per heavy atom. The lowest BCUT2D eigenvalue weighted by atomic mass is 10.1. The second-order valence-corrected chi connectivity index (χ2v) is 6.39. The summed E-state index contributed by atoms with van der Waals surface area (Å²) in [6.07, 6.45) is 2.53. The molecule has 0 aliphatic heterocycles. The predicted octanol–water partition coefficient (Wildman–Crippen LogP) is 4.16. The molecule has 2 N–H and O–H groups in total. The SMILES string of the molecule is CC(C)CCN(CCC(C)C)Cc1cccc(N)c1. The summed E-state index contributed by atoms with van der Waals surface area (Å²) in [5.74, 6) is 1.53. The van der Waals surface area contributed by atoms with Crippen molar-refractivity contribution >= 4 is 5.69 Å². The zero-order valence-corrected chi connectivity index (χ0v) is 13.0. The zero-order valence-electron chi connectivity index (χ0n) is 13.0. The number of nitrogens with two attached hydrogens (primary N) is 1. The number of nitrogen functional groups attached to an aromatic ring is 1. The average Bonchev–Trinajstić information content (AvgIpc) is 2.32. The Labute approximate surface area is 119 Å². The first-order valence-corrected chi connectivity index (χ1v) is 7.54. The molecule has 19 heavy (non-hydrogen) atoms. The number of benzene rings is 1. The van der Waals surface area contributed by atoms with Gasteiger partial charge in [-0.25, -0.2) is 0 Å². The molecular weight excluding hydrogens is 232 g/mol. The van der Waals surface area contributed by atoms with E-state index < -0.39 is 0 Å². The van der Waals surface area contributed by atoms with Gasteiger partial charge in [-0.15, -0.1) is 0 Å². The highest BCUT2D eigenvalue weighted by molar-refractivity contribution is 5.40. The van der Waals surface area contributed by atoms with Crippen LogP contribution in [0.1, 0.15) is 46.1 Å². The highest BCUT2D eigenvalue weighted by Crippen LogP contribution is 2.13. The van der Waals surface area contributed by atoms with E-state index in [1.807, 2.05) is 12.1 Å². The molecule has 0 fully saturated rings. The number of hydrogen-bond acceptors (Lipinski definition) is 2. The molecule has 0 saturated heterocycles. The fourth-order valence-corrected chi connectivity index (χ4v) is 2.10. The summed E-state index contributed by atoms with van der Waals surface area (Å²) in [6.45, 7) is 12.5. The molecule has 0 bridgehead atoms. The number of hydrogen-bond donors (Lipinski definition) is 1. The molecule has 108 valence electrons. The molecule has 0 heterocycles. The Morgan fingerprint density at radius 1 is 1.00 bits per heavy atom. The topological polar surface area (TPSA) is 29.3 Å². The maximum absolute atomic E-state index is 5.86. The number of anilines is 1. The summed E-state index contributed by atoms with van der Waals surface area (Å²) in [5, 5.41) is 0. The minimum Gasteiger partial charge on any atom is -0.399 e. The second kappa shape index (κ2) is 8.21. The maximum atomic E-state index is 5.86. The van der Waals surface area contributed by atoms with Crippen LogP contribution in [0.2, 0.25) is 0 Å². The summed E-state index contributed by atoms with van der Waals surface area (Å²) >= 11 is 0. The highest BCUT2D eigenvalue weighted by Gasteiger charge is 2.08. The maximum Gasteiger partial charge on any atom is 0.0317 e. The van der Waals surface area contributed by atoms with Crippen LogP contribution in [0.5, 0.6) is 0 Å². The van der Waals surface area contributed by atoms with Crippen molar-refractivity contribution in [2.24, 2.45) is 11.8 Å². The van der Waals surface area contributed by atoms with Gasteiger partial charge in [0, 0.05) is 12.2 Å². The Balaban J connectivity index is 2.56. The summed E-state index contributed by atoms with van der Waals surface area (Å²) in [7, 11) is 0. The van der Waals surface area contributed by atoms with Gasteiger partial charge in [0.05, 0.1) is 0 Å². The van der Waals surface area contributed by atoms with Gasteiger partial charge >= 0.3 is 0 Å². The van der Waals surface area contributed by atoms with Gasteiger partial charge in [0.2, 0.25) is 0 Å². The number of rotatable bonds is 8. The molecule has 0 aromatic heterocycles. The van der Waals surface area contributed by atoms with Gasteiger partial charge in [0.1, 0.15) is 0 Å². The van der Waals surface area contributed by atoms with Crippen molar-refractivity contribution in [3.8, 4) is 0 Å². The van der Waals surface area contributed by atoms with Crippen LogP contribution in [0.3, 0.4) is 0 Å². The molecule has 2 heteroatoms. The Morgan fingerprint density at radius 2 is 1.58 bits per heavy atom. The van der Waals surface area contributed by atoms with Crippen molar-refractivity contribution in [3.05, 3.63) is 29.8 Å². The lowest BCUT2D eigenvalue weighted by Gasteiger charge is -2.24. The van der Waals surface area contributed by atoms with E-state index in [0.29, 0.717) is 0 Å². The van der Waals surface area contributed by atoms with E-state index in [-0.39, 0.29) is 0 Å². The summed E-state index contributed by atoms with van der Waals surface area (Å²) in [5.41, 5.74) is 8.05. The molecule has 0 aliphatic rings. The highest BCUT2D eigenvalue weighted by atomic mass is 15.1. The van der Waals surface area contributed by atoms with Crippen LogP contribution in [0.15, 0.2) is 24.3 Å². The van der Waals surface area contributed by atoms with Crippen LogP contribution < -0.4 is 5.73 Å². The van der Waals surface area contributed by atoms with Gasteiger partial charge in [-0.1, -0.05) is 39.8 Å². The van der Waals surface area contributed by atoms with Crippen molar-refractivity contribution in [2.45, 2.75) is 47.1 Å². The minimum absolute atomic E-state index is 0.766. The third kappa shape index (κ3) is 7.22. The average molecular weight is 262 g/mol. The summed E-state index contributed by atoms with van der Waals surface area (Å²) < 4.78 is 0. The first kappa shape index (κ1) is 16.0. The fraction of sp³-hybridized carbons (Fsp3) is 0.647. The number of nitrogens with zero attached hydrogens (tertiary/aromatic N) is 1. The molecule has 0 radical (unpaired) electrons. The van der Waals surface area contributed by atoms with Crippen LogP contribution in [0.4, 0.5) is 5.69 Å². The van der Waals surface area contributed by atoms with Crippen molar-refractivity contribution < 1.29 is 0 Å². The quantitative estimate of drug-likeness (QED) is 0.713. The molecular formula is C17H30N2. The smallest absolute Gasteiger partial charge is 0.0317 e. The Bertz CT molecular complexity index is 346. The summed E-state index contributed by atoms with van der Waals surface area (Å²) in [6, 6.07) is 8.27. The van der Waals surface area contributed by atoms with Crippen LogP contribution >= 0.6 is 0 Å². The second-order valence-electron chi connectivity index (χ2n) is 6.39. The third-order valence-corrected chi connectivity index (χ3v) is 3.40. The molecule has 0 atom stereocenters. The summed E-state index contributed by atoms with van der Waals surface area (Å²) in [4.78, 5) is 2.56. The van der Waals surface area contributed by atoms with E-state index in [2.05, 4.69) is 44.7 Å². The van der Waals surface area contributed by atoms with E-state index in [1.54, 1.807) is 0 Å². The molecule has 0 unspecified atom stereocenters. The standard InChI is InChI=1S/C17H30N2/c1-14(2)8-10-19(11-9-15(3)4)13-16-6-5-7-17(18)12-16/h5-7,12,14-15H,8-11,13,18H2,1-4H3. The Kier molecular flexibility index (Phi) is 6.93. The van der Waals surface area contributed by atoms with E-state index >= 15 is 0 Å². The van der Waals surface area contributed by atoms with Gasteiger partial charge in [0.15, 0.2) is 0 Å². The van der Waals surface area contributed by atoms with Gasteiger partial charge in [-0.2, -0.15) is 0 Å². The first-order valence-electron chi connectivity index (χ1n) is 7.54. The zero-order chi connectivity index (χ0) is 14.3. The van der Waals surface area contributed by atoms with Gasteiger partial charge in [-0.05, 0) is 55.5 Å². The van der Waals surface area contributed by atoms with E-state index in [4.69, 9.17) is 5.73 Å². The fourth-order valence-electron chi connectivity index (χ4n) is 2.10. The normalized spacial score (nSPS) is 11.7. The van der Waals surface area contributed by atoms with Crippen LogP contribution in [0, 0.1) is 11.8 Å². The van der Waals surface area contributed by atoms with Crippen LogP contribution in [0.25, 0.3) is 0 Å². The van der Waals surface area contributed by atoms with Gasteiger partial charge in [-0.3, -0.25) is 4.90 Å². The molecule has 0 spiro atoms. The molecule has 0 saturated carbocycles. The van der Waals surface area contributed by atoms with Crippen molar-refractivity contribution in [1.29, 1.82) is 0 Å². The van der Waals surface area contributed by atoms with Crippen molar-refractivity contribution in [1.82, 2.24) is 4.90 Å². The molecule has 0 amide bonds. The minimum atomic E-state index is 0.766. The molecule has 2 nitrogen and oxygen atoms in total. The molecule has 0 aliphatic carbocycles. The van der Waals surface area contributed by atoms with Gasteiger partial charge in [0.25, 0.3) is 0 Å². The predicted molar refractivity (Wildman–Crippen MR) is 85.0 cm³/mol. The monoisotopic (exact) mass is 262 g/mol. The Hall–Kier alpha value is -1.02. The van der Waals surface area contributed by atoms with Crippen molar-refractivity contribution in [3.63, 3.8) is 0 Å².